The maximum atomic E-state index is 13.3. The van der Waals surface area contributed by atoms with Crippen molar-refractivity contribution in [3.8, 4) is 5.75 Å². The van der Waals surface area contributed by atoms with Crippen LogP contribution in [0.3, 0.4) is 0 Å². The van der Waals surface area contributed by atoms with Crippen LogP contribution in [0, 0.1) is 5.82 Å². The summed E-state index contributed by atoms with van der Waals surface area (Å²) in [7, 11) is 1.65. The third kappa shape index (κ3) is 7.99. The summed E-state index contributed by atoms with van der Waals surface area (Å²) >= 11 is 0. The lowest BCUT2D eigenvalue weighted by Gasteiger charge is -2.12. The average molecular weight is 299 g/mol. The molecule has 4 nitrogen and oxygen atoms in total. The predicted molar refractivity (Wildman–Crippen MR) is 81.2 cm³/mol. The summed E-state index contributed by atoms with van der Waals surface area (Å²) in [4.78, 5) is 0. The first-order chi connectivity index (χ1) is 10.3. The first kappa shape index (κ1) is 17.9. The molecule has 1 rings (SSSR count). The van der Waals surface area contributed by atoms with Gasteiger partial charge in [-0.05, 0) is 31.2 Å². The number of hydrogen-bond donors (Lipinski definition) is 1. The molecule has 0 atom stereocenters. The molecule has 1 aromatic rings. The maximum Gasteiger partial charge on any atom is 0.123 e. The van der Waals surface area contributed by atoms with Crippen LogP contribution >= 0.6 is 0 Å². The quantitative estimate of drug-likeness (QED) is 0.602. The average Bonchev–Trinajstić information content (AvgIpc) is 2.48. The molecule has 5 heteroatoms. The van der Waals surface area contributed by atoms with Crippen LogP contribution in [0.4, 0.5) is 4.39 Å². The molecule has 0 bridgehead atoms. The number of halogens is 1. The molecule has 1 aromatic carbocycles. The number of nitrogens with one attached hydrogen (secondary N) is 1. The Labute approximate surface area is 126 Å². The van der Waals surface area contributed by atoms with E-state index < -0.39 is 0 Å². The zero-order valence-electron chi connectivity index (χ0n) is 13.0. The van der Waals surface area contributed by atoms with E-state index in [0.717, 1.165) is 30.7 Å². The van der Waals surface area contributed by atoms with Gasteiger partial charge in [0, 0.05) is 32.2 Å². The summed E-state index contributed by atoms with van der Waals surface area (Å²) in [5.41, 5.74) is 0.851. The van der Waals surface area contributed by atoms with Crippen LogP contribution < -0.4 is 10.1 Å². The fraction of sp³-hybridized carbons (Fsp3) is 0.625. The number of benzene rings is 1. The molecule has 0 aliphatic carbocycles. The van der Waals surface area contributed by atoms with Gasteiger partial charge in [0.25, 0.3) is 0 Å². The number of hydrogen-bond acceptors (Lipinski definition) is 4. The van der Waals surface area contributed by atoms with Crippen molar-refractivity contribution in [2.24, 2.45) is 0 Å². The first-order valence-electron chi connectivity index (χ1n) is 7.46. The topological polar surface area (TPSA) is 39.7 Å². The zero-order valence-corrected chi connectivity index (χ0v) is 13.0. The molecule has 0 radical (unpaired) electrons. The van der Waals surface area contributed by atoms with Crippen LogP contribution in [0.1, 0.15) is 25.3 Å². The second kappa shape index (κ2) is 11.5. The van der Waals surface area contributed by atoms with Crippen molar-refractivity contribution in [1.82, 2.24) is 5.32 Å². The van der Waals surface area contributed by atoms with E-state index in [0.29, 0.717) is 33.0 Å². The fourth-order valence-electron chi connectivity index (χ4n) is 1.81. The normalized spacial score (nSPS) is 10.8. The maximum absolute atomic E-state index is 13.3. The highest BCUT2D eigenvalue weighted by Gasteiger charge is 2.05. The van der Waals surface area contributed by atoms with E-state index in [-0.39, 0.29) is 5.82 Å². The van der Waals surface area contributed by atoms with Gasteiger partial charge in [0.1, 0.15) is 11.6 Å². The Morgan fingerprint density at radius 3 is 2.76 bits per heavy atom. The largest absolute Gasteiger partial charge is 0.493 e. The Morgan fingerprint density at radius 1 is 1.14 bits per heavy atom. The first-order valence-corrected chi connectivity index (χ1v) is 7.46. The fourth-order valence-corrected chi connectivity index (χ4v) is 1.81. The van der Waals surface area contributed by atoms with Gasteiger partial charge in [0.15, 0.2) is 0 Å². The smallest absolute Gasteiger partial charge is 0.123 e. The van der Waals surface area contributed by atoms with E-state index in [4.69, 9.17) is 14.2 Å². The van der Waals surface area contributed by atoms with Crippen molar-refractivity contribution < 1.29 is 18.6 Å². The zero-order chi connectivity index (χ0) is 15.3. The minimum atomic E-state index is -0.237. The third-order valence-corrected chi connectivity index (χ3v) is 2.89. The molecule has 0 spiro atoms. The molecule has 0 saturated carbocycles. The molecule has 0 aliphatic rings. The van der Waals surface area contributed by atoms with Gasteiger partial charge in [0.05, 0.1) is 19.8 Å². The van der Waals surface area contributed by atoms with Crippen molar-refractivity contribution in [3.05, 3.63) is 29.6 Å². The summed E-state index contributed by atoms with van der Waals surface area (Å²) in [6.45, 7) is 6.01. The van der Waals surface area contributed by atoms with Gasteiger partial charge in [0.2, 0.25) is 0 Å². The Hall–Kier alpha value is -1.17. The summed E-state index contributed by atoms with van der Waals surface area (Å²) in [5.74, 6) is 0.496. The highest BCUT2D eigenvalue weighted by Crippen LogP contribution is 2.19. The molecule has 0 amide bonds. The lowest BCUT2D eigenvalue weighted by molar-refractivity contribution is 0.0644. The second-order valence-electron chi connectivity index (χ2n) is 4.74. The molecule has 0 aromatic heterocycles. The predicted octanol–water partition coefficient (Wildman–Crippen LogP) is 2.76. The van der Waals surface area contributed by atoms with Crippen LogP contribution in [-0.2, 0) is 16.0 Å². The van der Waals surface area contributed by atoms with Crippen LogP contribution in [0.15, 0.2) is 18.2 Å². The molecule has 0 heterocycles. The molecule has 0 saturated heterocycles. The minimum absolute atomic E-state index is 0.237. The van der Waals surface area contributed by atoms with Crippen LogP contribution in [0.2, 0.25) is 0 Å². The van der Waals surface area contributed by atoms with Gasteiger partial charge in [-0.25, -0.2) is 4.39 Å². The van der Waals surface area contributed by atoms with Gasteiger partial charge < -0.3 is 19.5 Å². The van der Waals surface area contributed by atoms with Crippen LogP contribution in [0.5, 0.6) is 5.75 Å². The van der Waals surface area contributed by atoms with E-state index >= 15 is 0 Å². The van der Waals surface area contributed by atoms with E-state index in [1.807, 2.05) is 0 Å². The molecule has 21 heavy (non-hydrogen) atoms. The third-order valence-electron chi connectivity index (χ3n) is 2.89. The standard InChI is InChI=1S/C16H26FNO3/c1-3-7-18-13-14-12-15(17)5-6-16(14)21-9-4-8-20-11-10-19-2/h5-6,12,18H,3-4,7-11,13H2,1-2H3. The van der Waals surface area contributed by atoms with Gasteiger partial charge in [-0.1, -0.05) is 6.92 Å². The van der Waals surface area contributed by atoms with E-state index in [9.17, 15) is 4.39 Å². The van der Waals surface area contributed by atoms with Crippen molar-refractivity contribution in [1.29, 1.82) is 0 Å². The molecular formula is C16H26FNO3. The Bertz CT molecular complexity index is 388. The second-order valence-corrected chi connectivity index (χ2v) is 4.74. The number of rotatable bonds is 12. The Kier molecular flexibility index (Phi) is 9.78. The molecular weight excluding hydrogens is 273 g/mol. The Morgan fingerprint density at radius 2 is 2.00 bits per heavy atom. The highest BCUT2D eigenvalue weighted by atomic mass is 19.1. The summed E-state index contributed by atoms with van der Waals surface area (Å²) < 4.78 is 29.3. The summed E-state index contributed by atoms with van der Waals surface area (Å²) in [5, 5.41) is 3.26. The number of methoxy groups -OCH3 is 1. The number of ether oxygens (including phenoxy) is 3. The van der Waals surface area contributed by atoms with Gasteiger partial charge in [-0.3, -0.25) is 0 Å². The lowest BCUT2D eigenvalue weighted by atomic mass is 10.2. The monoisotopic (exact) mass is 299 g/mol. The summed E-state index contributed by atoms with van der Waals surface area (Å²) in [6.07, 6.45) is 1.84. The minimum Gasteiger partial charge on any atom is -0.493 e. The Balaban J connectivity index is 2.32. The van der Waals surface area contributed by atoms with Crippen molar-refractivity contribution in [2.45, 2.75) is 26.3 Å². The van der Waals surface area contributed by atoms with Crippen molar-refractivity contribution in [2.75, 3.05) is 40.1 Å². The van der Waals surface area contributed by atoms with Crippen LogP contribution in [-0.4, -0.2) is 40.1 Å². The molecule has 0 unspecified atom stereocenters. The van der Waals surface area contributed by atoms with Crippen molar-refractivity contribution >= 4 is 0 Å². The lowest BCUT2D eigenvalue weighted by Crippen LogP contribution is -2.15. The SMILES string of the molecule is CCCNCc1cc(F)ccc1OCCCOCCOC. The van der Waals surface area contributed by atoms with Crippen molar-refractivity contribution in [3.63, 3.8) is 0 Å². The van der Waals surface area contributed by atoms with Gasteiger partial charge >= 0.3 is 0 Å². The molecule has 120 valence electrons. The molecule has 0 fully saturated rings. The van der Waals surface area contributed by atoms with Crippen LogP contribution in [0.25, 0.3) is 0 Å². The molecule has 1 N–H and O–H groups in total. The van der Waals surface area contributed by atoms with E-state index in [2.05, 4.69) is 12.2 Å². The summed E-state index contributed by atoms with van der Waals surface area (Å²) in [6, 6.07) is 4.63. The van der Waals surface area contributed by atoms with E-state index in [1.54, 1.807) is 13.2 Å². The van der Waals surface area contributed by atoms with E-state index in [1.165, 1.54) is 12.1 Å². The van der Waals surface area contributed by atoms with Gasteiger partial charge in [-0.2, -0.15) is 0 Å². The van der Waals surface area contributed by atoms with Gasteiger partial charge in [-0.15, -0.1) is 0 Å². The molecule has 0 aliphatic heterocycles. The highest BCUT2D eigenvalue weighted by molar-refractivity contribution is 5.33.